The number of carbonyl (C=O) groups is 4. The molecule has 12 heteroatoms. The zero-order chi connectivity index (χ0) is 19.4. The standard InChI is InChI=1S/C13H24N4O5S3/c1-25-3-2-8(16-11(20)7(14)5-23)13(22)17-9(6-24)12(21)15-4-10(18)19/h7-9,23-24H,2-6,14H2,1H3,(H,15,21)(H,16,20)(H,17,22)(H,18,19). The molecule has 0 bridgehead atoms. The van der Waals surface area contributed by atoms with E-state index >= 15 is 0 Å². The van der Waals surface area contributed by atoms with Crippen LogP contribution >= 0.6 is 37.0 Å². The van der Waals surface area contributed by atoms with Gasteiger partial charge in [-0.05, 0) is 18.4 Å². The molecule has 0 radical (unpaired) electrons. The van der Waals surface area contributed by atoms with Gasteiger partial charge in [-0.3, -0.25) is 19.2 Å². The lowest BCUT2D eigenvalue weighted by Crippen LogP contribution is -2.56. The molecule has 0 saturated heterocycles. The predicted molar refractivity (Wildman–Crippen MR) is 103 cm³/mol. The Labute approximate surface area is 161 Å². The summed E-state index contributed by atoms with van der Waals surface area (Å²) in [6, 6.07) is -2.75. The Hall–Kier alpha value is -1.11. The second-order valence-corrected chi connectivity index (χ2v) is 6.70. The third kappa shape index (κ3) is 9.82. The topological polar surface area (TPSA) is 151 Å². The first-order valence-corrected chi connectivity index (χ1v) is 9.99. The number of aliphatic carboxylic acids is 1. The van der Waals surface area contributed by atoms with Crippen molar-refractivity contribution in [2.45, 2.75) is 24.5 Å². The SMILES string of the molecule is CSCCC(NC(=O)C(N)CS)C(=O)NC(CS)C(=O)NCC(=O)O. The van der Waals surface area contributed by atoms with Crippen LogP contribution < -0.4 is 21.7 Å². The highest BCUT2D eigenvalue weighted by Gasteiger charge is 2.27. The van der Waals surface area contributed by atoms with E-state index in [9.17, 15) is 19.2 Å². The van der Waals surface area contributed by atoms with Crippen LogP contribution in [0.2, 0.25) is 0 Å². The van der Waals surface area contributed by atoms with E-state index in [-0.39, 0.29) is 11.5 Å². The quantitative estimate of drug-likeness (QED) is 0.185. The monoisotopic (exact) mass is 412 g/mol. The van der Waals surface area contributed by atoms with Gasteiger partial charge in [0.2, 0.25) is 17.7 Å². The maximum Gasteiger partial charge on any atom is 0.322 e. The molecule has 3 unspecified atom stereocenters. The maximum atomic E-state index is 12.4. The lowest BCUT2D eigenvalue weighted by atomic mass is 10.1. The molecular weight excluding hydrogens is 388 g/mol. The third-order valence-electron chi connectivity index (χ3n) is 3.01. The van der Waals surface area contributed by atoms with Gasteiger partial charge < -0.3 is 26.8 Å². The van der Waals surface area contributed by atoms with Crippen molar-refractivity contribution in [3.8, 4) is 0 Å². The lowest BCUT2D eigenvalue weighted by molar-refractivity contribution is -0.138. The molecule has 25 heavy (non-hydrogen) atoms. The van der Waals surface area contributed by atoms with Crippen molar-refractivity contribution in [3.63, 3.8) is 0 Å². The highest BCUT2D eigenvalue weighted by Crippen LogP contribution is 2.03. The number of hydrogen-bond donors (Lipinski definition) is 7. The molecule has 0 aromatic carbocycles. The summed E-state index contributed by atoms with van der Waals surface area (Å²) in [4.78, 5) is 46.6. The molecule has 6 N–H and O–H groups in total. The highest BCUT2D eigenvalue weighted by atomic mass is 32.2. The fraction of sp³-hybridized carbons (Fsp3) is 0.692. The van der Waals surface area contributed by atoms with Crippen molar-refractivity contribution in [3.05, 3.63) is 0 Å². The fourth-order valence-electron chi connectivity index (χ4n) is 1.62. The molecule has 0 aromatic rings. The summed E-state index contributed by atoms with van der Waals surface area (Å²) in [6.07, 6.45) is 2.19. The zero-order valence-corrected chi connectivity index (χ0v) is 16.3. The van der Waals surface area contributed by atoms with Crippen molar-refractivity contribution >= 4 is 60.7 Å². The summed E-state index contributed by atoms with van der Waals surface area (Å²) in [6.45, 7) is -0.567. The largest absolute Gasteiger partial charge is 0.480 e. The first-order valence-electron chi connectivity index (χ1n) is 7.33. The number of nitrogens with one attached hydrogen (secondary N) is 3. The number of carboxylic acid groups (broad SMARTS) is 1. The van der Waals surface area contributed by atoms with E-state index in [0.29, 0.717) is 12.2 Å². The Bertz CT molecular complexity index is 481. The summed E-state index contributed by atoms with van der Waals surface area (Å²) < 4.78 is 0. The molecule has 9 nitrogen and oxygen atoms in total. The highest BCUT2D eigenvalue weighted by molar-refractivity contribution is 7.98. The number of carbonyl (C=O) groups excluding carboxylic acids is 3. The Morgan fingerprint density at radius 3 is 2.12 bits per heavy atom. The average molecular weight is 413 g/mol. The smallest absolute Gasteiger partial charge is 0.322 e. The minimum Gasteiger partial charge on any atom is -0.480 e. The van der Waals surface area contributed by atoms with Crippen LogP contribution in [0.4, 0.5) is 0 Å². The molecule has 144 valence electrons. The van der Waals surface area contributed by atoms with Crippen molar-refractivity contribution in [2.24, 2.45) is 5.73 Å². The van der Waals surface area contributed by atoms with E-state index in [1.54, 1.807) is 0 Å². The van der Waals surface area contributed by atoms with Crippen LogP contribution in [-0.2, 0) is 19.2 Å². The fourth-order valence-corrected chi connectivity index (χ4v) is 2.51. The molecule has 0 aliphatic rings. The zero-order valence-electron chi connectivity index (χ0n) is 13.7. The van der Waals surface area contributed by atoms with E-state index < -0.39 is 48.4 Å². The Kier molecular flexibility index (Phi) is 12.6. The van der Waals surface area contributed by atoms with E-state index in [1.165, 1.54) is 11.8 Å². The Balaban J connectivity index is 4.87. The van der Waals surface area contributed by atoms with Crippen LogP contribution in [0.15, 0.2) is 0 Å². The summed E-state index contributed by atoms with van der Waals surface area (Å²) in [5.74, 6) is -2.27. The minimum atomic E-state index is -1.21. The average Bonchev–Trinajstić information content (AvgIpc) is 2.59. The number of hydrogen-bond acceptors (Lipinski definition) is 8. The molecule has 0 rings (SSSR count). The normalized spacial score (nSPS) is 14.1. The number of nitrogens with two attached hydrogens (primary N) is 1. The first kappa shape index (κ1) is 23.9. The molecule has 0 aliphatic carbocycles. The second-order valence-electron chi connectivity index (χ2n) is 4.99. The van der Waals surface area contributed by atoms with Crippen LogP contribution in [0.3, 0.4) is 0 Å². The lowest BCUT2D eigenvalue weighted by Gasteiger charge is -2.23. The molecule has 3 atom stereocenters. The third-order valence-corrected chi connectivity index (χ3v) is 4.41. The summed E-state index contributed by atoms with van der Waals surface area (Å²) in [7, 11) is 0. The number of rotatable bonds is 12. The van der Waals surface area contributed by atoms with Gasteiger partial charge in [-0.1, -0.05) is 0 Å². The Morgan fingerprint density at radius 2 is 1.64 bits per heavy atom. The van der Waals surface area contributed by atoms with E-state index in [0.717, 1.165) is 0 Å². The number of carboxylic acids is 1. The van der Waals surface area contributed by atoms with E-state index in [2.05, 4.69) is 41.2 Å². The van der Waals surface area contributed by atoms with Crippen LogP contribution in [0.1, 0.15) is 6.42 Å². The van der Waals surface area contributed by atoms with Gasteiger partial charge in [-0.15, -0.1) is 0 Å². The van der Waals surface area contributed by atoms with Gasteiger partial charge in [-0.25, -0.2) is 0 Å². The van der Waals surface area contributed by atoms with Gasteiger partial charge in [0.1, 0.15) is 18.6 Å². The second kappa shape index (κ2) is 13.1. The van der Waals surface area contributed by atoms with Gasteiger partial charge in [-0.2, -0.15) is 37.0 Å². The van der Waals surface area contributed by atoms with Gasteiger partial charge in [0.15, 0.2) is 0 Å². The number of amides is 3. The van der Waals surface area contributed by atoms with Crippen molar-refractivity contribution in [1.82, 2.24) is 16.0 Å². The molecular formula is C13H24N4O5S3. The minimum absolute atomic E-state index is 0.0312. The van der Waals surface area contributed by atoms with Crippen molar-refractivity contribution in [2.75, 3.05) is 30.1 Å². The van der Waals surface area contributed by atoms with Gasteiger partial charge in [0.05, 0.1) is 6.04 Å². The van der Waals surface area contributed by atoms with Crippen LogP contribution in [-0.4, -0.2) is 77.0 Å². The molecule has 3 amide bonds. The molecule has 0 heterocycles. The summed E-state index contributed by atoms with van der Waals surface area (Å²) >= 11 is 9.42. The molecule has 0 saturated carbocycles. The summed E-state index contributed by atoms with van der Waals surface area (Å²) in [5.41, 5.74) is 5.58. The predicted octanol–water partition coefficient (Wildman–Crippen LogP) is -1.90. The molecule has 0 aromatic heterocycles. The van der Waals surface area contributed by atoms with E-state index in [4.69, 9.17) is 10.8 Å². The van der Waals surface area contributed by atoms with Gasteiger partial charge in [0, 0.05) is 11.5 Å². The van der Waals surface area contributed by atoms with E-state index in [1.807, 2.05) is 6.26 Å². The van der Waals surface area contributed by atoms with Gasteiger partial charge >= 0.3 is 5.97 Å². The molecule has 0 fully saturated rings. The number of thiol groups is 2. The Morgan fingerprint density at radius 1 is 1.04 bits per heavy atom. The maximum absolute atomic E-state index is 12.4. The number of thioether (sulfide) groups is 1. The first-order chi connectivity index (χ1) is 11.8. The van der Waals surface area contributed by atoms with Crippen LogP contribution in [0.25, 0.3) is 0 Å². The van der Waals surface area contributed by atoms with Crippen molar-refractivity contribution in [1.29, 1.82) is 0 Å². The van der Waals surface area contributed by atoms with Gasteiger partial charge in [0.25, 0.3) is 0 Å². The van der Waals surface area contributed by atoms with Crippen LogP contribution in [0, 0.1) is 0 Å². The molecule has 0 aliphatic heterocycles. The summed E-state index contributed by atoms with van der Waals surface area (Å²) in [5, 5.41) is 15.7. The van der Waals surface area contributed by atoms with Crippen molar-refractivity contribution < 1.29 is 24.3 Å². The van der Waals surface area contributed by atoms with Crippen LogP contribution in [0.5, 0.6) is 0 Å². The molecule has 0 spiro atoms.